The van der Waals surface area contributed by atoms with Crippen molar-refractivity contribution >= 4 is 28.3 Å². The fourth-order valence-corrected chi connectivity index (χ4v) is 5.19. The lowest BCUT2D eigenvalue weighted by Crippen LogP contribution is -2.39. The highest BCUT2D eigenvalue weighted by molar-refractivity contribution is 7.16. The molecule has 1 aromatic carbocycles. The second-order valence-electron chi connectivity index (χ2n) is 7.34. The number of thiophene rings is 1. The Hall–Kier alpha value is -3.33. The molecule has 2 aliphatic heterocycles. The molecule has 160 valence electrons. The first-order valence-electron chi connectivity index (χ1n) is 10.0. The summed E-state index contributed by atoms with van der Waals surface area (Å²) in [5.74, 6) is 0.665. The summed E-state index contributed by atoms with van der Waals surface area (Å²) in [5, 5.41) is 7.06. The third-order valence-corrected chi connectivity index (χ3v) is 6.55. The number of furan rings is 1. The van der Waals surface area contributed by atoms with Gasteiger partial charge < -0.3 is 24.7 Å². The van der Waals surface area contributed by atoms with Gasteiger partial charge in [0.25, 0.3) is 5.91 Å². The summed E-state index contributed by atoms with van der Waals surface area (Å²) in [7, 11) is 0. The molecule has 2 aromatic heterocycles. The summed E-state index contributed by atoms with van der Waals surface area (Å²) in [6.45, 7) is 3.06. The van der Waals surface area contributed by atoms with E-state index in [1.807, 2.05) is 0 Å². The van der Waals surface area contributed by atoms with Crippen molar-refractivity contribution in [2.45, 2.75) is 26.1 Å². The molecule has 5 rings (SSSR count). The number of hydrogen-bond acceptors (Lipinski definition) is 6. The molecule has 0 radical (unpaired) electrons. The van der Waals surface area contributed by atoms with Crippen LogP contribution in [0.3, 0.4) is 0 Å². The van der Waals surface area contributed by atoms with E-state index in [1.54, 1.807) is 36.1 Å². The van der Waals surface area contributed by atoms with Gasteiger partial charge in [-0.1, -0.05) is 0 Å². The second kappa shape index (κ2) is 7.73. The standard InChI is InChI=1S/C22H20FN3O4S/c1-2-29-22(28)26-10-9-14-17(11-26)31-21-18(14)20(27)24-19(25-21)16-8-7-15(30-16)12-3-5-13(23)6-4-12/h3-8,19,25H,2,9-11H2,1H3,(H,24,27). The SMILES string of the molecule is CCOC(=O)N1CCc2c(sc3c2C(=O)NC(c2ccc(-c4ccc(F)cc4)o2)N3)C1. The Balaban J connectivity index is 1.38. The molecular weight excluding hydrogens is 421 g/mol. The van der Waals surface area contributed by atoms with E-state index in [9.17, 15) is 14.0 Å². The van der Waals surface area contributed by atoms with Crippen molar-refractivity contribution in [1.29, 1.82) is 0 Å². The summed E-state index contributed by atoms with van der Waals surface area (Å²) in [5.41, 5.74) is 2.38. The number of carbonyl (C=O) groups is 2. The van der Waals surface area contributed by atoms with E-state index in [1.165, 1.54) is 23.5 Å². The summed E-state index contributed by atoms with van der Waals surface area (Å²) in [6, 6.07) is 9.62. The van der Waals surface area contributed by atoms with E-state index >= 15 is 0 Å². The number of nitrogens with one attached hydrogen (secondary N) is 2. The molecule has 1 unspecified atom stereocenters. The van der Waals surface area contributed by atoms with Crippen molar-refractivity contribution < 1.29 is 23.1 Å². The summed E-state index contributed by atoms with van der Waals surface area (Å²) in [6.07, 6.45) is -0.246. The van der Waals surface area contributed by atoms with Crippen LogP contribution in [0.5, 0.6) is 0 Å². The molecule has 7 nitrogen and oxygen atoms in total. The first-order valence-corrected chi connectivity index (χ1v) is 10.8. The van der Waals surface area contributed by atoms with Gasteiger partial charge in [-0.3, -0.25) is 4.79 Å². The fraction of sp³-hybridized carbons (Fsp3) is 0.273. The largest absolute Gasteiger partial charge is 0.457 e. The van der Waals surface area contributed by atoms with E-state index < -0.39 is 6.17 Å². The second-order valence-corrected chi connectivity index (χ2v) is 8.44. The zero-order chi connectivity index (χ0) is 21.5. The van der Waals surface area contributed by atoms with E-state index in [0.717, 1.165) is 21.0 Å². The number of halogens is 1. The van der Waals surface area contributed by atoms with Gasteiger partial charge in [-0.05, 0) is 55.3 Å². The van der Waals surface area contributed by atoms with Crippen molar-refractivity contribution in [2.24, 2.45) is 0 Å². The number of fused-ring (bicyclic) bond motifs is 3. The van der Waals surface area contributed by atoms with Crippen molar-refractivity contribution in [3.05, 3.63) is 64.0 Å². The topological polar surface area (TPSA) is 83.8 Å². The van der Waals surface area contributed by atoms with Crippen molar-refractivity contribution in [3.63, 3.8) is 0 Å². The molecule has 1 atom stereocenters. The maximum Gasteiger partial charge on any atom is 0.410 e. The molecule has 0 saturated heterocycles. The van der Waals surface area contributed by atoms with Crippen LogP contribution in [0.1, 0.15) is 39.6 Å². The quantitative estimate of drug-likeness (QED) is 0.625. The molecule has 31 heavy (non-hydrogen) atoms. The van der Waals surface area contributed by atoms with Crippen molar-refractivity contribution in [1.82, 2.24) is 10.2 Å². The molecule has 2 N–H and O–H groups in total. The number of hydrogen-bond donors (Lipinski definition) is 2. The van der Waals surface area contributed by atoms with Gasteiger partial charge in [0.2, 0.25) is 0 Å². The minimum Gasteiger partial charge on any atom is -0.457 e. The predicted octanol–water partition coefficient (Wildman–Crippen LogP) is 4.52. The van der Waals surface area contributed by atoms with Gasteiger partial charge in [-0.25, -0.2) is 9.18 Å². The summed E-state index contributed by atoms with van der Waals surface area (Å²) in [4.78, 5) is 27.6. The van der Waals surface area contributed by atoms with Crippen molar-refractivity contribution in [2.75, 3.05) is 18.5 Å². The van der Waals surface area contributed by atoms with Crippen LogP contribution >= 0.6 is 11.3 Å². The lowest BCUT2D eigenvalue weighted by molar-refractivity contribution is 0.0929. The lowest BCUT2D eigenvalue weighted by atomic mass is 10.0. The molecule has 2 aliphatic rings. The van der Waals surface area contributed by atoms with E-state index in [-0.39, 0.29) is 17.8 Å². The Labute approximate surface area is 181 Å². The van der Waals surface area contributed by atoms with Gasteiger partial charge in [0.05, 0.1) is 18.7 Å². The molecule has 0 saturated carbocycles. The van der Waals surface area contributed by atoms with E-state index in [2.05, 4.69) is 10.6 Å². The highest BCUT2D eigenvalue weighted by Crippen LogP contribution is 2.41. The normalized spacial score (nSPS) is 17.4. The van der Waals surface area contributed by atoms with Crippen molar-refractivity contribution in [3.8, 4) is 11.3 Å². The number of anilines is 1. The molecular formula is C22H20FN3O4S. The Morgan fingerprint density at radius 3 is 2.84 bits per heavy atom. The maximum absolute atomic E-state index is 13.2. The Kier molecular flexibility index (Phi) is 4.90. The van der Waals surface area contributed by atoms with Gasteiger partial charge in [0.1, 0.15) is 22.3 Å². The molecule has 2 amide bonds. The first-order chi connectivity index (χ1) is 15.0. The monoisotopic (exact) mass is 441 g/mol. The minimum atomic E-state index is -0.518. The zero-order valence-corrected chi connectivity index (χ0v) is 17.6. The van der Waals surface area contributed by atoms with Gasteiger partial charge in [0, 0.05) is 17.0 Å². The van der Waals surface area contributed by atoms with E-state index in [0.29, 0.717) is 43.2 Å². The van der Waals surface area contributed by atoms with Crippen LogP contribution in [0.25, 0.3) is 11.3 Å². The number of rotatable bonds is 3. The molecule has 9 heteroatoms. The number of benzene rings is 1. The fourth-order valence-electron chi connectivity index (χ4n) is 3.91. The van der Waals surface area contributed by atoms with E-state index in [4.69, 9.17) is 9.15 Å². The first kappa shape index (κ1) is 19.6. The Bertz CT molecular complexity index is 1150. The zero-order valence-electron chi connectivity index (χ0n) is 16.7. The Morgan fingerprint density at radius 2 is 2.06 bits per heavy atom. The van der Waals surface area contributed by atoms with Gasteiger partial charge in [0.15, 0.2) is 6.17 Å². The average Bonchev–Trinajstić information content (AvgIpc) is 3.39. The molecule has 0 spiro atoms. The number of amides is 2. The maximum atomic E-state index is 13.2. The van der Waals surface area contributed by atoms with Crippen LogP contribution in [0.4, 0.5) is 14.2 Å². The van der Waals surface area contributed by atoms with Crippen LogP contribution in [-0.2, 0) is 17.7 Å². The summed E-state index contributed by atoms with van der Waals surface area (Å²) < 4.78 is 24.2. The highest BCUT2D eigenvalue weighted by atomic mass is 32.1. The number of ether oxygens (including phenoxy) is 1. The molecule has 4 heterocycles. The molecule has 0 aliphatic carbocycles. The van der Waals surface area contributed by atoms with Crippen LogP contribution in [0.2, 0.25) is 0 Å². The smallest absolute Gasteiger partial charge is 0.410 e. The van der Waals surface area contributed by atoms with Gasteiger partial charge in [-0.15, -0.1) is 11.3 Å². The van der Waals surface area contributed by atoms with Crippen LogP contribution < -0.4 is 10.6 Å². The van der Waals surface area contributed by atoms with Gasteiger partial charge >= 0.3 is 6.09 Å². The van der Waals surface area contributed by atoms with Crippen LogP contribution in [0.15, 0.2) is 40.8 Å². The minimum absolute atomic E-state index is 0.166. The van der Waals surface area contributed by atoms with Crippen LogP contribution in [0, 0.1) is 5.82 Å². The van der Waals surface area contributed by atoms with Gasteiger partial charge in [-0.2, -0.15) is 0 Å². The number of nitrogens with zero attached hydrogens (tertiary/aromatic N) is 1. The third-order valence-electron chi connectivity index (χ3n) is 5.40. The van der Waals surface area contributed by atoms with Crippen LogP contribution in [-0.4, -0.2) is 30.1 Å². The Morgan fingerprint density at radius 1 is 1.26 bits per heavy atom. The summed E-state index contributed by atoms with van der Waals surface area (Å²) >= 11 is 1.48. The molecule has 0 bridgehead atoms. The average molecular weight is 441 g/mol. The third kappa shape index (κ3) is 3.54. The lowest BCUT2D eigenvalue weighted by Gasteiger charge is -2.27. The number of carbonyl (C=O) groups excluding carboxylic acids is 2. The predicted molar refractivity (Wildman–Crippen MR) is 113 cm³/mol. The highest BCUT2D eigenvalue weighted by Gasteiger charge is 2.35. The molecule has 3 aromatic rings. The molecule has 0 fully saturated rings.